The molecule has 82 valence electrons. The number of nitrogens with one attached hydrogen (secondary N) is 1. The summed E-state index contributed by atoms with van der Waals surface area (Å²) in [7, 11) is 0. The second kappa shape index (κ2) is 7.60. The first-order valence-electron chi connectivity index (χ1n) is 3.90. The third-order valence-electron chi connectivity index (χ3n) is 1.26. The Morgan fingerprint density at radius 2 is 1.79 bits per heavy atom. The summed E-state index contributed by atoms with van der Waals surface area (Å²) in [6.45, 7) is -0.683. The second-order valence-corrected chi connectivity index (χ2v) is 3.50. The summed E-state index contributed by atoms with van der Waals surface area (Å²) in [6.07, 6.45) is 0. The Morgan fingerprint density at radius 1 is 1.21 bits per heavy atom. The van der Waals surface area contributed by atoms with Crippen LogP contribution in [-0.4, -0.2) is 58.0 Å². The molecule has 0 spiro atoms. The molecule has 0 aliphatic rings. The molecular formula is C7H13NO5S. The first-order valence-corrected chi connectivity index (χ1v) is 5.06. The standard InChI is InChI=1S/C7H13NO5S/c9-1-5(2-10)8-6(11)3-14-4-7(12)13/h5,9-10H,1-4H2,(H,8,11)(H,12,13). The van der Waals surface area contributed by atoms with Gasteiger partial charge in [-0.2, -0.15) is 0 Å². The van der Waals surface area contributed by atoms with E-state index in [4.69, 9.17) is 15.3 Å². The first-order chi connectivity index (χ1) is 6.60. The minimum atomic E-state index is -0.983. The van der Waals surface area contributed by atoms with E-state index in [9.17, 15) is 9.59 Å². The molecule has 0 aliphatic heterocycles. The molecular weight excluding hydrogens is 210 g/mol. The molecule has 0 saturated carbocycles. The molecule has 0 aliphatic carbocycles. The monoisotopic (exact) mass is 223 g/mol. The van der Waals surface area contributed by atoms with Gasteiger partial charge in [0, 0.05) is 0 Å². The Hall–Kier alpha value is -0.790. The van der Waals surface area contributed by atoms with Crippen LogP contribution in [0.2, 0.25) is 0 Å². The van der Waals surface area contributed by atoms with Gasteiger partial charge in [-0.1, -0.05) is 0 Å². The van der Waals surface area contributed by atoms with Crippen molar-refractivity contribution < 1.29 is 24.9 Å². The van der Waals surface area contributed by atoms with E-state index in [2.05, 4.69) is 5.32 Å². The average Bonchev–Trinajstić information content (AvgIpc) is 2.13. The highest BCUT2D eigenvalue weighted by atomic mass is 32.2. The molecule has 0 aromatic rings. The number of thioether (sulfide) groups is 1. The van der Waals surface area contributed by atoms with Crippen LogP contribution in [0.4, 0.5) is 0 Å². The quantitative estimate of drug-likeness (QED) is 0.409. The maximum Gasteiger partial charge on any atom is 0.313 e. The van der Waals surface area contributed by atoms with E-state index >= 15 is 0 Å². The Kier molecular flexibility index (Phi) is 7.17. The summed E-state index contributed by atoms with van der Waals surface area (Å²) in [5.74, 6) is -1.52. The molecule has 14 heavy (non-hydrogen) atoms. The molecule has 0 unspecified atom stereocenters. The van der Waals surface area contributed by atoms with Crippen molar-refractivity contribution >= 4 is 23.6 Å². The number of hydrogen-bond donors (Lipinski definition) is 4. The van der Waals surface area contributed by atoms with Crippen LogP contribution in [0.5, 0.6) is 0 Å². The van der Waals surface area contributed by atoms with Gasteiger partial charge < -0.3 is 20.6 Å². The first kappa shape index (κ1) is 13.2. The predicted octanol–water partition coefficient (Wildman–Crippen LogP) is -1.73. The average molecular weight is 223 g/mol. The van der Waals surface area contributed by atoms with Gasteiger partial charge in [-0.25, -0.2) is 0 Å². The summed E-state index contributed by atoms with van der Waals surface area (Å²) < 4.78 is 0. The van der Waals surface area contributed by atoms with Crippen molar-refractivity contribution in [2.45, 2.75) is 6.04 Å². The lowest BCUT2D eigenvalue weighted by molar-refractivity contribution is -0.133. The molecule has 0 rings (SSSR count). The lowest BCUT2D eigenvalue weighted by atomic mass is 10.3. The third-order valence-corrected chi connectivity index (χ3v) is 2.18. The molecule has 6 nitrogen and oxygen atoms in total. The number of hydrogen-bond acceptors (Lipinski definition) is 5. The van der Waals surface area contributed by atoms with Crippen LogP contribution in [-0.2, 0) is 9.59 Å². The van der Waals surface area contributed by atoms with Gasteiger partial charge in [-0.15, -0.1) is 11.8 Å². The van der Waals surface area contributed by atoms with E-state index in [0.717, 1.165) is 11.8 Å². The van der Waals surface area contributed by atoms with Gasteiger partial charge in [0.2, 0.25) is 5.91 Å². The van der Waals surface area contributed by atoms with Crippen molar-refractivity contribution in [1.82, 2.24) is 5.32 Å². The zero-order valence-electron chi connectivity index (χ0n) is 7.47. The van der Waals surface area contributed by atoms with Crippen LogP contribution >= 0.6 is 11.8 Å². The number of carboxylic acid groups (broad SMARTS) is 1. The van der Waals surface area contributed by atoms with Gasteiger partial charge in [0.05, 0.1) is 30.8 Å². The number of carboxylic acids is 1. The number of aliphatic carboxylic acids is 1. The zero-order chi connectivity index (χ0) is 11.0. The number of carbonyl (C=O) groups excluding carboxylic acids is 1. The minimum absolute atomic E-state index is 0.00278. The number of amides is 1. The summed E-state index contributed by atoms with van der Waals surface area (Å²) in [4.78, 5) is 21.1. The van der Waals surface area contributed by atoms with E-state index < -0.39 is 17.9 Å². The van der Waals surface area contributed by atoms with Gasteiger partial charge in [-0.3, -0.25) is 9.59 Å². The lowest BCUT2D eigenvalue weighted by Gasteiger charge is -2.12. The Labute approximate surface area is 85.3 Å². The fraction of sp³-hybridized carbons (Fsp3) is 0.714. The number of carbonyl (C=O) groups is 2. The normalized spacial score (nSPS) is 10.2. The molecule has 0 fully saturated rings. The van der Waals surface area contributed by atoms with Gasteiger partial charge in [0.25, 0.3) is 0 Å². The molecule has 0 heterocycles. The highest BCUT2D eigenvalue weighted by Gasteiger charge is 2.10. The van der Waals surface area contributed by atoms with E-state index in [1.165, 1.54) is 0 Å². The predicted molar refractivity (Wildman–Crippen MR) is 51.1 cm³/mol. The van der Waals surface area contributed by atoms with Gasteiger partial charge in [-0.05, 0) is 0 Å². The third kappa shape index (κ3) is 6.70. The van der Waals surface area contributed by atoms with Crippen LogP contribution < -0.4 is 5.32 Å². The fourth-order valence-corrected chi connectivity index (χ4v) is 1.19. The molecule has 0 aromatic carbocycles. The van der Waals surface area contributed by atoms with Crippen molar-refractivity contribution in [3.05, 3.63) is 0 Å². The smallest absolute Gasteiger partial charge is 0.313 e. The number of aliphatic hydroxyl groups excluding tert-OH is 2. The zero-order valence-corrected chi connectivity index (χ0v) is 8.29. The highest BCUT2D eigenvalue weighted by Crippen LogP contribution is 1.98. The lowest BCUT2D eigenvalue weighted by Crippen LogP contribution is -2.41. The van der Waals surface area contributed by atoms with Gasteiger partial charge in [0.15, 0.2) is 0 Å². The number of rotatable bonds is 7. The fourth-order valence-electron chi connectivity index (χ4n) is 0.649. The molecule has 0 atom stereocenters. The highest BCUT2D eigenvalue weighted by molar-refractivity contribution is 8.00. The molecule has 0 radical (unpaired) electrons. The van der Waals surface area contributed by atoms with E-state index in [-0.39, 0.29) is 24.7 Å². The molecule has 0 aromatic heterocycles. The number of aliphatic hydroxyl groups is 2. The molecule has 7 heteroatoms. The molecule has 4 N–H and O–H groups in total. The van der Waals surface area contributed by atoms with E-state index in [1.807, 2.05) is 0 Å². The molecule has 1 amide bonds. The topological polar surface area (TPSA) is 107 Å². The summed E-state index contributed by atoms with van der Waals surface area (Å²) in [6, 6.07) is -0.673. The van der Waals surface area contributed by atoms with E-state index in [1.54, 1.807) is 0 Å². The van der Waals surface area contributed by atoms with Crippen LogP contribution in [0.3, 0.4) is 0 Å². The van der Waals surface area contributed by atoms with Crippen molar-refractivity contribution in [2.75, 3.05) is 24.7 Å². The van der Waals surface area contributed by atoms with Crippen LogP contribution in [0, 0.1) is 0 Å². The minimum Gasteiger partial charge on any atom is -0.481 e. The van der Waals surface area contributed by atoms with Crippen molar-refractivity contribution in [2.24, 2.45) is 0 Å². The summed E-state index contributed by atoms with van der Waals surface area (Å²) in [5.41, 5.74) is 0. The van der Waals surface area contributed by atoms with Crippen molar-refractivity contribution in [3.63, 3.8) is 0 Å². The second-order valence-electron chi connectivity index (χ2n) is 2.52. The van der Waals surface area contributed by atoms with E-state index in [0.29, 0.717) is 0 Å². The Morgan fingerprint density at radius 3 is 2.21 bits per heavy atom. The molecule has 0 bridgehead atoms. The Balaban J connectivity index is 3.59. The maximum absolute atomic E-state index is 11.0. The summed E-state index contributed by atoms with van der Waals surface area (Å²) in [5, 5.41) is 27.8. The Bertz CT molecular complexity index is 195. The van der Waals surface area contributed by atoms with Crippen molar-refractivity contribution in [3.8, 4) is 0 Å². The SMILES string of the molecule is O=C(O)CSCC(=O)NC(CO)CO. The van der Waals surface area contributed by atoms with Gasteiger partial charge in [0.1, 0.15) is 0 Å². The van der Waals surface area contributed by atoms with Crippen molar-refractivity contribution in [1.29, 1.82) is 0 Å². The van der Waals surface area contributed by atoms with Crippen LogP contribution in [0.1, 0.15) is 0 Å². The van der Waals surface area contributed by atoms with Crippen LogP contribution in [0.15, 0.2) is 0 Å². The summed E-state index contributed by atoms with van der Waals surface area (Å²) >= 11 is 0.958. The maximum atomic E-state index is 11.0. The van der Waals surface area contributed by atoms with Gasteiger partial charge >= 0.3 is 5.97 Å². The molecule has 0 saturated heterocycles. The largest absolute Gasteiger partial charge is 0.481 e. The van der Waals surface area contributed by atoms with Crippen LogP contribution in [0.25, 0.3) is 0 Å².